The number of benzene rings is 1. The third-order valence-corrected chi connectivity index (χ3v) is 5.85. The molecule has 0 unspecified atom stereocenters. The molecule has 0 saturated heterocycles. The van der Waals surface area contributed by atoms with Crippen LogP contribution in [0.15, 0.2) is 40.9 Å². The van der Waals surface area contributed by atoms with Crippen LogP contribution >= 0.6 is 23.1 Å². The molecule has 29 heavy (non-hydrogen) atoms. The minimum atomic E-state index is -0.621. The molecule has 1 aromatic carbocycles. The molecular formula is C18H17N5O4S2. The number of fused-ring (bicyclic) bond motifs is 1. The van der Waals surface area contributed by atoms with Gasteiger partial charge < -0.3 is 19.4 Å². The number of ether oxygens (including phenoxy) is 2. The Morgan fingerprint density at radius 1 is 1.21 bits per heavy atom. The molecule has 1 aliphatic heterocycles. The van der Waals surface area contributed by atoms with E-state index in [4.69, 9.17) is 9.47 Å². The number of thiophene rings is 1. The molecule has 0 bridgehead atoms. The minimum absolute atomic E-state index is 0.0327. The number of thioether (sulfide) groups is 1. The molecule has 3 heterocycles. The standard InChI is InChI=1S/C18H17N5O4S2/c1-23-16(14-3-2-8-28-14)21-22-18(23)29-10-15(24)20-17(25)19-11-4-5-12-13(9-11)27-7-6-26-12/h2-5,8-9H,6-7,10H2,1H3,(H2,19,20,24,25). The van der Waals surface area contributed by atoms with Crippen LogP contribution in [0.25, 0.3) is 10.7 Å². The van der Waals surface area contributed by atoms with E-state index in [0.29, 0.717) is 35.6 Å². The fourth-order valence-electron chi connectivity index (χ4n) is 2.64. The van der Waals surface area contributed by atoms with Gasteiger partial charge in [0.1, 0.15) is 13.2 Å². The van der Waals surface area contributed by atoms with Gasteiger partial charge in [0, 0.05) is 18.8 Å². The monoisotopic (exact) mass is 431 g/mol. The van der Waals surface area contributed by atoms with Gasteiger partial charge in [-0.25, -0.2) is 4.79 Å². The summed E-state index contributed by atoms with van der Waals surface area (Å²) in [6.45, 7) is 0.946. The maximum atomic E-state index is 12.1. The molecule has 0 fully saturated rings. The molecule has 3 aromatic rings. The Hall–Kier alpha value is -3.05. The second kappa shape index (κ2) is 8.53. The lowest BCUT2D eigenvalue weighted by atomic mass is 10.2. The second-order valence-electron chi connectivity index (χ2n) is 5.99. The van der Waals surface area contributed by atoms with Crippen LogP contribution < -0.4 is 20.1 Å². The summed E-state index contributed by atoms with van der Waals surface area (Å²) in [5, 5.41) is 15.7. The van der Waals surface area contributed by atoms with Crippen LogP contribution in [0.4, 0.5) is 10.5 Å². The topological polar surface area (TPSA) is 107 Å². The van der Waals surface area contributed by atoms with E-state index in [1.807, 2.05) is 29.1 Å². The van der Waals surface area contributed by atoms with E-state index < -0.39 is 11.9 Å². The predicted molar refractivity (Wildman–Crippen MR) is 110 cm³/mol. The molecule has 9 nitrogen and oxygen atoms in total. The summed E-state index contributed by atoms with van der Waals surface area (Å²) in [7, 11) is 1.84. The summed E-state index contributed by atoms with van der Waals surface area (Å²) in [5.41, 5.74) is 0.501. The molecule has 0 saturated carbocycles. The van der Waals surface area contributed by atoms with Gasteiger partial charge in [0.15, 0.2) is 22.5 Å². The van der Waals surface area contributed by atoms with Gasteiger partial charge in [0.2, 0.25) is 5.91 Å². The summed E-state index contributed by atoms with van der Waals surface area (Å²) >= 11 is 2.77. The molecule has 4 rings (SSSR count). The Morgan fingerprint density at radius 2 is 2.03 bits per heavy atom. The predicted octanol–water partition coefficient (Wildman–Crippen LogP) is 2.76. The van der Waals surface area contributed by atoms with Crippen LogP contribution in [0.5, 0.6) is 11.5 Å². The van der Waals surface area contributed by atoms with Crippen molar-refractivity contribution in [3.05, 3.63) is 35.7 Å². The number of urea groups is 1. The zero-order chi connectivity index (χ0) is 20.2. The summed E-state index contributed by atoms with van der Waals surface area (Å²) in [5.74, 6) is 1.51. The van der Waals surface area contributed by atoms with Crippen molar-refractivity contribution in [2.75, 3.05) is 24.3 Å². The largest absolute Gasteiger partial charge is 0.486 e. The lowest BCUT2D eigenvalue weighted by Crippen LogP contribution is -2.35. The van der Waals surface area contributed by atoms with Gasteiger partial charge in [0.25, 0.3) is 0 Å². The number of nitrogens with one attached hydrogen (secondary N) is 2. The van der Waals surface area contributed by atoms with Crippen LogP contribution in [0, 0.1) is 0 Å². The van der Waals surface area contributed by atoms with Crippen LogP contribution in [0.3, 0.4) is 0 Å². The number of carbonyl (C=O) groups is 2. The van der Waals surface area contributed by atoms with Crippen molar-refractivity contribution in [3.63, 3.8) is 0 Å². The number of anilines is 1. The molecule has 3 amide bonds. The Balaban J connectivity index is 1.29. The molecule has 0 spiro atoms. The fraction of sp³-hybridized carbons (Fsp3) is 0.222. The van der Waals surface area contributed by atoms with Crippen molar-refractivity contribution in [2.45, 2.75) is 5.16 Å². The van der Waals surface area contributed by atoms with E-state index in [9.17, 15) is 9.59 Å². The molecule has 0 atom stereocenters. The average Bonchev–Trinajstić information content (AvgIpc) is 3.36. The fourth-order valence-corrected chi connectivity index (χ4v) is 4.09. The average molecular weight is 431 g/mol. The Labute approximate surface area is 174 Å². The number of nitrogens with zero attached hydrogens (tertiary/aromatic N) is 3. The van der Waals surface area contributed by atoms with Crippen molar-refractivity contribution in [2.24, 2.45) is 7.05 Å². The van der Waals surface area contributed by atoms with Gasteiger partial charge in [-0.3, -0.25) is 10.1 Å². The molecule has 1 aliphatic rings. The number of hydrogen-bond donors (Lipinski definition) is 2. The minimum Gasteiger partial charge on any atom is -0.486 e. The third kappa shape index (κ3) is 4.51. The second-order valence-corrected chi connectivity index (χ2v) is 7.88. The Kier molecular flexibility index (Phi) is 5.67. The number of aromatic nitrogens is 3. The highest BCUT2D eigenvalue weighted by molar-refractivity contribution is 7.99. The number of hydrogen-bond acceptors (Lipinski definition) is 8. The first-order chi connectivity index (χ1) is 14.1. The van der Waals surface area contributed by atoms with E-state index in [-0.39, 0.29) is 5.75 Å². The molecule has 2 aromatic heterocycles. The van der Waals surface area contributed by atoms with Crippen molar-refractivity contribution < 1.29 is 19.1 Å². The zero-order valence-electron chi connectivity index (χ0n) is 15.4. The molecule has 11 heteroatoms. The molecular weight excluding hydrogens is 414 g/mol. The number of rotatable bonds is 5. The normalized spacial score (nSPS) is 12.4. The van der Waals surface area contributed by atoms with Crippen molar-refractivity contribution >= 4 is 40.7 Å². The first-order valence-corrected chi connectivity index (χ1v) is 10.5. The maximum Gasteiger partial charge on any atom is 0.325 e. The lowest BCUT2D eigenvalue weighted by molar-refractivity contribution is -0.117. The number of amides is 3. The molecule has 0 aliphatic carbocycles. The van der Waals surface area contributed by atoms with Gasteiger partial charge in [-0.15, -0.1) is 21.5 Å². The summed E-state index contributed by atoms with van der Waals surface area (Å²) in [6.07, 6.45) is 0. The zero-order valence-corrected chi connectivity index (χ0v) is 17.0. The highest BCUT2D eigenvalue weighted by Crippen LogP contribution is 2.32. The van der Waals surface area contributed by atoms with E-state index in [0.717, 1.165) is 10.7 Å². The van der Waals surface area contributed by atoms with Gasteiger partial charge in [-0.2, -0.15) is 0 Å². The van der Waals surface area contributed by atoms with Crippen LogP contribution in [-0.2, 0) is 11.8 Å². The van der Waals surface area contributed by atoms with E-state index in [1.165, 1.54) is 11.8 Å². The molecule has 150 valence electrons. The number of imide groups is 1. The SMILES string of the molecule is Cn1c(SCC(=O)NC(=O)Nc2ccc3c(c2)OCCO3)nnc1-c1cccs1. The van der Waals surface area contributed by atoms with Crippen molar-refractivity contribution in [3.8, 4) is 22.2 Å². The molecule has 2 N–H and O–H groups in total. The van der Waals surface area contributed by atoms with Crippen molar-refractivity contribution in [1.29, 1.82) is 0 Å². The van der Waals surface area contributed by atoms with E-state index >= 15 is 0 Å². The first kappa shape index (κ1) is 19.3. The van der Waals surface area contributed by atoms with Gasteiger partial charge in [0.05, 0.1) is 10.6 Å². The van der Waals surface area contributed by atoms with E-state index in [2.05, 4.69) is 20.8 Å². The number of carbonyl (C=O) groups excluding carboxylic acids is 2. The van der Waals surface area contributed by atoms with Gasteiger partial charge >= 0.3 is 6.03 Å². The highest BCUT2D eigenvalue weighted by atomic mass is 32.2. The van der Waals surface area contributed by atoms with Crippen LogP contribution in [0.1, 0.15) is 0 Å². The summed E-state index contributed by atoms with van der Waals surface area (Å²) in [6, 6.07) is 8.31. The maximum absolute atomic E-state index is 12.1. The third-order valence-electron chi connectivity index (χ3n) is 3.96. The van der Waals surface area contributed by atoms with Crippen LogP contribution in [-0.4, -0.2) is 45.7 Å². The highest BCUT2D eigenvalue weighted by Gasteiger charge is 2.16. The summed E-state index contributed by atoms with van der Waals surface area (Å²) < 4.78 is 12.7. The van der Waals surface area contributed by atoms with Gasteiger partial charge in [-0.1, -0.05) is 17.8 Å². The smallest absolute Gasteiger partial charge is 0.325 e. The van der Waals surface area contributed by atoms with E-state index in [1.54, 1.807) is 29.5 Å². The van der Waals surface area contributed by atoms with Crippen molar-refractivity contribution in [1.82, 2.24) is 20.1 Å². The lowest BCUT2D eigenvalue weighted by Gasteiger charge is -2.19. The van der Waals surface area contributed by atoms with Crippen LogP contribution in [0.2, 0.25) is 0 Å². The summed E-state index contributed by atoms with van der Waals surface area (Å²) in [4.78, 5) is 25.2. The van der Waals surface area contributed by atoms with Gasteiger partial charge in [-0.05, 0) is 23.6 Å². The molecule has 0 radical (unpaired) electrons. The Bertz CT molecular complexity index is 1040. The Morgan fingerprint density at radius 3 is 2.83 bits per heavy atom. The first-order valence-electron chi connectivity index (χ1n) is 8.67. The quantitative estimate of drug-likeness (QED) is 0.598.